The first-order valence-electron chi connectivity index (χ1n) is 7.91. The molecular formula is C14H19F3N4O3S. The van der Waals surface area contributed by atoms with Crippen LogP contribution < -0.4 is 5.14 Å². The summed E-state index contributed by atoms with van der Waals surface area (Å²) < 4.78 is 63.3. The molecule has 1 aromatic heterocycles. The van der Waals surface area contributed by atoms with Crippen LogP contribution in [0.5, 0.6) is 0 Å². The second kappa shape index (κ2) is 5.97. The summed E-state index contributed by atoms with van der Waals surface area (Å²) in [5.74, 6) is -1.74. The predicted octanol–water partition coefficient (Wildman–Crippen LogP) is 1.11. The molecule has 2 fully saturated rings. The van der Waals surface area contributed by atoms with Crippen LogP contribution in [-0.4, -0.2) is 48.3 Å². The second-order valence-corrected chi connectivity index (χ2v) is 8.39. The quantitative estimate of drug-likeness (QED) is 0.849. The molecule has 1 aliphatic heterocycles. The van der Waals surface area contributed by atoms with Gasteiger partial charge in [0.2, 0.25) is 15.9 Å². The highest BCUT2D eigenvalue weighted by molar-refractivity contribution is 7.89. The number of carbonyl (C=O) groups is 1. The number of carbonyl (C=O) groups excluding carboxylic acids is 1. The van der Waals surface area contributed by atoms with E-state index in [0.717, 1.165) is 23.5 Å². The normalized spacial score (nSPS) is 23.5. The Morgan fingerprint density at radius 3 is 2.56 bits per heavy atom. The van der Waals surface area contributed by atoms with Crippen LogP contribution in [0.25, 0.3) is 0 Å². The van der Waals surface area contributed by atoms with Gasteiger partial charge in [0.1, 0.15) is 11.4 Å². The summed E-state index contributed by atoms with van der Waals surface area (Å²) in [6.45, 7) is -0.115. The minimum absolute atomic E-state index is 0.0358. The zero-order valence-electron chi connectivity index (χ0n) is 13.4. The van der Waals surface area contributed by atoms with Crippen LogP contribution in [0.15, 0.2) is 17.3 Å². The Morgan fingerprint density at radius 2 is 2.08 bits per heavy atom. The Morgan fingerprint density at radius 1 is 1.40 bits per heavy atom. The molecule has 1 aromatic rings. The van der Waals surface area contributed by atoms with E-state index in [1.165, 1.54) is 4.90 Å². The molecule has 0 bridgehead atoms. The average Bonchev–Trinajstić information content (AvgIpc) is 2.92. The van der Waals surface area contributed by atoms with Gasteiger partial charge in [0.15, 0.2) is 0 Å². The lowest BCUT2D eigenvalue weighted by Gasteiger charge is -2.54. The van der Waals surface area contributed by atoms with Crippen molar-refractivity contribution < 1.29 is 26.4 Å². The van der Waals surface area contributed by atoms with Crippen molar-refractivity contribution in [2.75, 3.05) is 13.1 Å². The van der Waals surface area contributed by atoms with E-state index in [-0.39, 0.29) is 36.9 Å². The zero-order valence-corrected chi connectivity index (χ0v) is 14.2. The Kier molecular flexibility index (Phi) is 4.34. The first kappa shape index (κ1) is 18.2. The summed E-state index contributed by atoms with van der Waals surface area (Å²) in [6.07, 6.45) is -0.499. The molecule has 2 aliphatic rings. The smallest absolute Gasteiger partial charge is 0.341 e. The highest BCUT2D eigenvalue weighted by Gasteiger charge is 2.58. The van der Waals surface area contributed by atoms with Gasteiger partial charge in [-0.25, -0.2) is 13.6 Å². The summed E-state index contributed by atoms with van der Waals surface area (Å²) in [4.78, 5) is 13.6. The first-order chi connectivity index (χ1) is 11.5. The molecule has 3 rings (SSSR count). The van der Waals surface area contributed by atoms with Crippen molar-refractivity contribution in [1.29, 1.82) is 0 Å². The van der Waals surface area contributed by atoms with Crippen molar-refractivity contribution in [3.63, 3.8) is 0 Å². The SMILES string of the molecule is NS(=O)(=O)c1cnn(CC(=O)N2CCC(C(F)(F)F)C3(CCC3)C2)c1. The number of rotatable bonds is 3. The molecule has 1 saturated carbocycles. The number of primary sulfonamides is 1. The van der Waals surface area contributed by atoms with Gasteiger partial charge in [0.05, 0.1) is 12.1 Å². The second-order valence-electron chi connectivity index (χ2n) is 6.83. The number of nitrogens with zero attached hydrogens (tertiary/aromatic N) is 3. The van der Waals surface area contributed by atoms with Gasteiger partial charge in [-0.3, -0.25) is 9.48 Å². The van der Waals surface area contributed by atoms with Crippen molar-refractivity contribution in [1.82, 2.24) is 14.7 Å². The number of hydrogen-bond donors (Lipinski definition) is 1. The molecule has 25 heavy (non-hydrogen) atoms. The number of likely N-dealkylation sites (tertiary alicyclic amines) is 1. The lowest BCUT2D eigenvalue weighted by molar-refractivity contribution is -0.237. The predicted molar refractivity (Wildman–Crippen MR) is 80.6 cm³/mol. The number of nitrogens with two attached hydrogens (primary N) is 1. The van der Waals surface area contributed by atoms with E-state index >= 15 is 0 Å². The molecule has 11 heteroatoms. The number of hydrogen-bond acceptors (Lipinski definition) is 4. The highest BCUT2D eigenvalue weighted by Crippen LogP contribution is 2.56. The van der Waals surface area contributed by atoms with Crippen molar-refractivity contribution in [2.45, 2.75) is 43.3 Å². The van der Waals surface area contributed by atoms with Gasteiger partial charge in [0, 0.05) is 19.3 Å². The summed E-state index contributed by atoms with van der Waals surface area (Å²) in [5, 5.41) is 8.75. The largest absolute Gasteiger partial charge is 0.392 e. The molecule has 1 unspecified atom stereocenters. The Labute approximate surface area is 143 Å². The van der Waals surface area contributed by atoms with Crippen LogP contribution in [0.4, 0.5) is 13.2 Å². The molecule has 1 aliphatic carbocycles. The molecule has 1 saturated heterocycles. The third-order valence-corrected chi connectivity index (χ3v) is 6.13. The molecule has 1 amide bonds. The van der Waals surface area contributed by atoms with Crippen LogP contribution in [0.3, 0.4) is 0 Å². The average molecular weight is 380 g/mol. The van der Waals surface area contributed by atoms with Gasteiger partial charge in [-0.1, -0.05) is 6.42 Å². The van der Waals surface area contributed by atoms with E-state index < -0.39 is 27.5 Å². The fraction of sp³-hybridized carbons (Fsp3) is 0.714. The lowest BCUT2D eigenvalue weighted by atomic mass is 9.58. The van der Waals surface area contributed by atoms with Gasteiger partial charge in [-0.15, -0.1) is 0 Å². The summed E-state index contributed by atoms with van der Waals surface area (Å²) in [6, 6.07) is 0. The van der Waals surface area contributed by atoms with Gasteiger partial charge in [-0.2, -0.15) is 18.3 Å². The van der Waals surface area contributed by atoms with Gasteiger partial charge >= 0.3 is 6.18 Å². The molecule has 7 nitrogen and oxygen atoms in total. The number of piperidine rings is 1. The third kappa shape index (κ3) is 3.52. The highest BCUT2D eigenvalue weighted by atomic mass is 32.2. The van der Waals surface area contributed by atoms with E-state index in [4.69, 9.17) is 5.14 Å². The Hall–Kier alpha value is -1.62. The lowest BCUT2D eigenvalue weighted by Crippen LogP contribution is -2.58. The summed E-state index contributed by atoms with van der Waals surface area (Å²) in [5.41, 5.74) is -0.873. The van der Waals surface area contributed by atoms with Crippen LogP contribution in [0, 0.1) is 11.3 Å². The third-order valence-electron chi connectivity index (χ3n) is 5.27. The van der Waals surface area contributed by atoms with E-state index in [1.807, 2.05) is 0 Å². The van der Waals surface area contributed by atoms with E-state index in [0.29, 0.717) is 12.8 Å². The van der Waals surface area contributed by atoms with Crippen LogP contribution in [0.2, 0.25) is 0 Å². The fourth-order valence-electron chi connectivity index (χ4n) is 3.84. The summed E-state index contributed by atoms with van der Waals surface area (Å²) in [7, 11) is -3.91. The maximum Gasteiger partial charge on any atom is 0.392 e. The maximum absolute atomic E-state index is 13.3. The van der Waals surface area contributed by atoms with E-state index in [2.05, 4.69) is 5.10 Å². The Balaban J connectivity index is 1.69. The van der Waals surface area contributed by atoms with Crippen molar-refractivity contribution in [3.05, 3.63) is 12.4 Å². The van der Waals surface area contributed by atoms with Crippen molar-refractivity contribution in [2.24, 2.45) is 16.5 Å². The molecular weight excluding hydrogens is 361 g/mol. The number of amides is 1. The number of halogens is 3. The molecule has 0 radical (unpaired) electrons. The van der Waals surface area contributed by atoms with Crippen molar-refractivity contribution >= 4 is 15.9 Å². The Bertz CT molecular complexity index is 771. The topological polar surface area (TPSA) is 98.3 Å². The standard InChI is InChI=1S/C14H19F3N4O3S/c15-14(16,17)11-2-5-20(9-13(11)3-1-4-13)12(22)8-21-7-10(6-19-21)25(18,23)24/h6-7,11H,1-5,8-9H2,(H2,18,23,24). The minimum atomic E-state index is -4.25. The van der Waals surface area contributed by atoms with Crippen LogP contribution in [-0.2, 0) is 21.4 Å². The van der Waals surface area contributed by atoms with E-state index in [9.17, 15) is 26.4 Å². The van der Waals surface area contributed by atoms with Crippen LogP contribution in [0.1, 0.15) is 25.7 Å². The van der Waals surface area contributed by atoms with Crippen LogP contribution >= 0.6 is 0 Å². The van der Waals surface area contributed by atoms with Gasteiger partial charge < -0.3 is 4.90 Å². The molecule has 140 valence electrons. The maximum atomic E-state index is 13.3. The fourth-order valence-corrected chi connectivity index (χ4v) is 4.30. The number of aromatic nitrogens is 2. The van der Waals surface area contributed by atoms with Gasteiger partial charge in [-0.05, 0) is 24.7 Å². The molecule has 1 atom stereocenters. The molecule has 2 heterocycles. The molecule has 0 aromatic carbocycles. The van der Waals surface area contributed by atoms with Crippen molar-refractivity contribution in [3.8, 4) is 0 Å². The van der Waals surface area contributed by atoms with E-state index in [1.54, 1.807) is 0 Å². The first-order valence-corrected chi connectivity index (χ1v) is 9.46. The zero-order chi connectivity index (χ0) is 18.5. The monoisotopic (exact) mass is 380 g/mol. The number of sulfonamides is 1. The van der Waals surface area contributed by atoms with Gasteiger partial charge in [0.25, 0.3) is 0 Å². The molecule has 1 spiro atoms. The minimum Gasteiger partial charge on any atom is -0.341 e. The molecule has 2 N–H and O–H groups in total. The summed E-state index contributed by atoms with van der Waals surface area (Å²) >= 11 is 0. The number of alkyl halides is 3.